The number of methoxy groups -OCH3 is 1. The minimum absolute atomic E-state index is 0.0446. The summed E-state index contributed by atoms with van der Waals surface area (Å²) < 4.78 is 6.51. The number of aryl methyl sites for hydroxylation is 1. The van der Waals surface area contributed by atoms with Crippen LogP contribution in [0.3, 0.4) is 0 Å². The van der Waals surface area contributed by atoms with E-state index in [2.05, 4.69) is 9.80 Å². The highest BCUT2D eigenvalue weighted by Crippen LogP contribution is 2.24. The average molecular weight is 497 g/mol. The van der Waals surface area contributed by atoms with Gasteiger partial charge in [0.25, 0.3) is 5.56 Å². The van der Waals surface area contributed by atoms with Crippen LogP contribution in [-0.2, 0) is 4.74 Å². The summed E-state index contributed by atoms with van der Waals surface area (Å²) >= 11 is 0. The number of esters is 1. The Kier molecular flexibility index (Phi) is 6.48. The number of Topliss-reactive ketones (excluding diaryl/α,β-unsaturated/α-hetero) is 1. The van der Waals surface area contributed by atoms with Crippen LogP contribution in [0.4, 0.5) is 11.6 Å². The van der Waals surface area contributed by atoms with Gasteiger partial charge in [0, 0.05) is 37.4 Å². The molecule has 0 unspecified atom stereocenters. The molecule has 0 aliphatic carbocycles. The molecule has 37 heavy (non-hydrogen) atoms. The summed E-state index contributed by atoms with van der Waals surface area (Å²) in [4.78, 5) is 46.7. The Bertz CT molecular complexity index is 1530. The van der Waals surface area contributed by atoms with Crippen LogP contribution in [-0.4, -0.2) is 54.6 Å². The summed E-state index contributed by atoms with van der Waals surface area (Å²) in [6.45, 7) is 6.31. The van der Waals surface area contributed by atoms with E-state index in [4.69, 9.17) is 9.72 Å². The van der Waals surface area contributed by atoms with Crippen molar-refractivity contribution < 1.29 is 14.3 Å². The van der Waals surface area contributed by atoms with Crippen molar-refractivity contribution in [2.24, 2.45) is 0 Å². The van der Waals surface area contributed by atoms with E-state index >= 15 is 0 Å². The summed E-state index contributed by atoms with van der Waals surface area (Å²) in [5, 5.41) is 0.432. The van der Waals surface area contributed by atoms with Crippen LogP contribution in [0.2, 0.25) is 0 Å². The van der Waals surface area contributed by atoms with Gasteiger partial charge in [-0.1, -0.05) is 17.7 Å². The van der Waals surface area contributed by atoms with Gasteiger partial charge in [0.2, 0.25) is 5.95 Å². The number of carbonyl (C=O) groups is 2. The van der Waals surface area contributed by atoms with Crippen molar-refractivity contribution in [1.82, 2.24) is 9.55 Å². The molecule has 188 valence electrons. The van der Waals surface area contributed by atoms with Gasteiger partial charge in [-0.15, -0.1) is 0 Å². The Balaban J connectivity index is 1.53. The number of hydrogen-bond donors (Lipinski definition) is 0. The van der Waals surface area contributed by atoms with Crippen LogP contribution >= 0.6 is 0 Å². The van der Waals surface area contributed by atoms with Gasteiger partial charge in [0.05, 0.1) is 29.3 Å². The fourth-order valence-corrected chi connectivity index (χ4v) is 4.63. The van der Waals surface area contributed by atoms with E-state index in [0.29, 0.717) is 41.1 Å². The van der Waals surface area contributed by atoms with Gasteiger partial charge >= 0.3 is 5.97 Å². The predicted molar refractivity (Wildman–Crippen MR) is 144 cm³/mol. The Labute approximate surface area is 214 Å². The number of rotatable bonds is 5. The molecule has 4 aromatic rings. The van der Waals surface area contributed by atoms with Crippen LogP contribution in [0.15, 0.2) is 71.5 Å². The molecular formula is C29H28N4O4. The standard InChI is InChI=1S/C29H28N4O4/c1-19-4-9-24(10-5-19)33-27(35)25-13-8-22(28(36)37-3)18-26(25)30-29(33)32-16-14-31(15-17-32)23-11-6-21(7-12-23)20(2)34/h4-13,18H,14-17H2,1-3H3. The fraction of sp³-hybridized carbons (Fsp3) is 0.241. The van der Waals surface area contributed by atoms with E-state index < -0.39 is 5.97 Å². The number of fused-ring (bicyclic) bond motifs is 1. The molecular weight excluding hydrogens is 468 g/mol. The molecule has 0 saturated carbocycles. The normalized spacial score (nSPS) is 13.6. The monoisotopic (exact) mass is 496 g/mol. The lowest BCUT2D eigenvalue weighted by Gasteiger charge is -2.37. The lowest BCUT2D eigenvalue weighted by atomic mass is 10.1. The third-order valence-corrected chi connectivity index (χ3v) is 6.77. The second kappa shape index (κ2) is 9.89. The fourth-order valence-electron chi connectivity index (χ4n) is 4.63. The van der Waals surface area contributed by atoms with Gasteiger partial charge in [0.1, 0.15) is 0 Å². The highest BCUT2D eigenvalue weighted by atomic mass is 16.5. The highest BCUT2D eigenvalue weighted by molar-refractivity contribution is 5.95. The predicted octanol–water partition coefficient (Wildman–Crippen LogP) is 4.01. The van der Waals surface area contributed by atoms with Gasteiger partial charge in [-0.25, -0.2) is 14.3 Å². The van der Waals surface area contributed by atoms with Gasteiger partial charge in [-0.3, -0.25) is 9.59 Å². The number of carbonyl (C=O) groups excluding carboxylic acids is 2. The molecule has 0 N–H and O–H groups in total. The minimum atomic E-state index is -0.475. The molecule has 0 radical (unpaired) electrons. The van der Waals surface area contributed by atoms with E-state index in [1.165, 1.54) is 7.11 Å². The maximum Gasteiger partial charge on any atom is 0.337 e. The molecule has 0 spiro atoms. The number of hydrogen-bond acceptors (Lipinski definition) is 7. The second-order valence-corrected chi connectivity index (χ2v) is 9.19. The van der Waals surface area contributed by atoms with Crippen LogP contribution in [0, 0.1) is 6.92 Å². The molecule has 8 heteroatoms. The lowest BCUT2D eigenvalue weighted by Crippen LogP contribution is -2.48. The van der Waals surface area contributed by atoms with Crippen molar-refractivity contribution in [2.75, 3.05) is 43.1 Å². The molecule has 0 bridgehead atoms. The molecule has 1 aliphatic heterocycles. The summed E-state index contributed by atoms with van der Waals surface area (Å²) in [7, 11) is 1.33. The van der Waals surface area contributed by atoms with E-state index in [1.54, 1.807) is 29.7 Å². The van der Waals surface area contributed by atoms with Crippen molar-refractivity contribution in [3.05, 3.63) is 93.8 Å². The Hall–Kier alpha value is -4.46. The maximum absolute atomic E-state index is 13.7. The number of ketones is 1. The number of benzene rings is 3. The van der Waals surface area contributed by atoms with Crippen LogP contribution in [0.1, 0.15) is 33.2 Å². The quantitative estimate of drug-likeness (QED) is 0.305. The van der Waals surface area contributed by atoms with Crippen molar-refractivity contribution in [3.8, 4) is 5.69 Å². The van der Waals surface area contributed by atoms with Crippen LogP contribution < -0.4 is 15.4 Å². The van der Waals surface area contributed by atoms with E-state index in [1.807, 2.05) is 55.5 Å². The molecule has 3 aromatic carbocycles. The number of anilines is 2. The minimum Gasteiger partial charge on any atom is -0.465 e. The van der Waals surface area contributed by atoms with Crippen LogP contribution in [0.5, 0.6) is 0 Å². The van der Waals surface area contributed by atoms with Crippen molar-refractivity contribution in [1.29, 1.82) is 0 Å². The Morgan fingerprint density at radius 3 is 2.03 bits per heavy atom. The third-order valence-electron chi connectivity index (χ3n) is 6.77. The molecule has 1 aromatic heterocycles. The van der Waals surface area contributed by atoms with E-state index in [9.17, 15) is 14.4 Å². The van der Waals surface area contributed by atoms with Crippen molar-refractivity contribution in [3.63, 3.8) is 0 Å². The van der Waals surface area contributed by atoms with Gasteiger partial charge in [0.15, 0.2) is 5.78 Å². The zero-order valence-corrected chi connectivity index (χ0v) is 21.1. The zero-order valence-electron chi connectivity index (χ0n) is 21.1. The summed E-state index contributed by atoms with van der Waals surface area (Å²) in [6.07, 6.45) is 0. The summed E-state index contributed by atoms with van der Waals surface area (Å²) in [5.74, 6) is 0.107. The first kappa shape index (κ1) is 24.2. The first-order valence-electron chi connectivity index (χ1n) is 12.2. The number of ether oxygens (including phenoxy) is 1. The Morgan fingerprint density at radius 2 is 1.41 bits per heavy atom. The Morgan fingerprint density at radius 1 is 0.811 bits per heavy atom. The third kappa shape index (κ3) is 4.70. The molecule has 0 atom stereocenters. The summed E-state index contributed by atoms with van der Waals surface area (Å²) in [5.41, 5.74) is 4.18. The molecule has 8 nitrogen and oxygen atoms in total. The van der Waals surface area contributed by atoms with Gasteiger partial charge in [-0.05, 0) is 68.4 Å². The highest BCUT2D eigenvalue weighted by Gasteiger charge is 2.24. The molecule has 2 heterocycles. The van der Waals surface area contributed by atoms with Gasteiger partial charge < -0.3 is 14.5 Å². The zero-order chi connectivity index (χ0) is 26.1. The number of piperazine rings is 1. The largest absolute Gasteiger partial charge is 0.465 e. The first-order valence-corrected chi connectivity index (χ1v) is 12.2. The SMILES string of the molecule is COC(=O)c1ccc2c(=O)n(-c3ccc(C)cc3)c(N3CCN(c4ccc(C(C)=O)cc4)CC3)nc2c1. The van der Waals surface area contributed by atoms with Gasteiger partial charge in [-0.2, -0.15) is 0 Å². The number of nitrogens with zero attached hydrogens (tertiary/aromatic N) is 4. The van der Waals surface area contributed by atoms with E-state index in [0.717, 1.165) is 30.0 Å². The van der Waals surface area contributed by atoms with Crippen LogP contribution in [0.25, 0.3) is 16.6 Å². The molecule has 1 saturated heterocycles. The lowest BCUT2D eigenvalue weighted by molar-refractivity contribution is 0.0600. The van der Waals surface area contributed by atoms with Crippen molar-refractivity contribution in [2.45, 2.75) is 13.8 Å². The molecule has 0 amide bonds. The second-order valence-electron chi connectivity index (χ2n) is 9.19. The van der Waals surface area contributed by atoms with E-state index in [-0.39, 0.29) is 11.3 Å². The smallest absolute Gasteiger partial charge is 0.337 e. The van der Waals surface area contributed by atoms with Crippen molar-refractivity contribution >= 4 is 34.3 Å². The number of aromatic nitrogens is 2. The summed E-state index contributed by atoms with van der Waals surface area (Å²) in [6, 6.07) is 20.3. The average Bonchev–Trinajstić information content (AvgIpc) is 2.93. The first-order chi connectivity index (χ1) is 17.9. The molecule has 5 rings (SSSR count). The molecule has 1 fully saturated rings. The molecule has 1 aliphatic rings. The topological polar surface area (TPSA) is 84.7 Å². The maximum atomic E-state index is 13.7.